The van der Waals surface area contributed by atoms with Gasteiger partial charge in [-0.2, -0.15) is 0 Å². The van der Waals surface area contributed by atoms with Crippen LogP contribution in [0.3, 0.4) is 0 Å². The third-order valence-electron chi connectivity index (χ3n) is 3.07. The lowest BCUT2D eigenvalue weighted by Gasteiger charge is -2.17. The molecule has 0 saturated heterocycles. The van der Waals surface area contributed by atoms with Gasteiger partial charge in [0.05, 0.1) is 15.9 Å². The molecule has 0 radical (unpaired) electrons. The van der Waals surface area contributed by atoms with E-state index in [4.69, 9.17) is 23.2 Å². The van der Waals surface area contributed by atoms with Crippen molar-refractivity contribution in [1.82, 2.24) is 14.9 Å². The monoisotopic (exact) mass is 299 g/mol. The highest BCUT2D eigenvalue weighted by molar-refractivity contribution is 6.35. The first kappa shape index (κ1) is 14.2. The second-order valence-corrected chi connectivity index (χ2v) is 5.42. The average Bonchev–Trinajstić information content (AvgIpc) is 2.78. The predicted octanol–water partition coefficient (Wildman–Crippen LogP) is 3.30. The first-order valence-corrected chi connectivity index (χ1v) is 6.80. The quantitative estimate of drug-likeness (QED) is 0.884. The van der Waals surface area contributed by atoms with E-state index in [-0.39, 0.29) is 11.3 Å². The van der Waals surface area contributed by atoms with Gasteiger partial charge in [-0.1, -0.05) is 17.7 Å². The van der Waals surface area contributed by atoms with Crippen molar-refractivity contribution in [3.8, 4) is 0 Å². The molecule has 1 heterocycles. The van der Waals surface area contributed by atoms with Crippen molar-refractivity contribution < 1.29 is 4.79 Å². The van der Waals surface area contributed by atoms with Crippen LogP contribution in [0.15, 0.2) is 18.2 Å². The van der Waals surface area contributed by atoms with Gasteiger partial charge >= 0.3 is 0 Å². The molecule has 0 aliphatic rings. The Morgan fingerprint density at radius 3 is 2.68 bits per heavy atom. The summed E-state index contributed by atoms with van der Waals surface area (Å²) < 4.78 is 1.83. The van der Waals surface area contributed by atoms with Crippen molar-refractivity contribution in [2.75, 3.05) is 7.05 Å². The Bertz CT molecular complexity index is 622. The number of carbonyl (C=O) groups excluding carboxylic acids is 1. The second-order valence-electron chi connectivity index (χ2n) is 4.35. The molecular weight excluding hydrogens is 285 g/mol. The Morgan fingerprint density at radius 1 is 1.42 bits per heavy atom. The van der Waals surface area contributed by atoms with Gasteiger partial charge in [-0.05, 0) is 26.0 Å². The Morgan fingerprint density at radius 2 is 2.11 bits per heavy atom. The van der Waals surface area contributed by atoms with Crippen LogP contribution in [0, 0.1) is 0 Å². The number of halogens is 2. The number of hydrogen-bond donors (Lipinski definition) is 1. The number of para-hydroxylation sites is 1. The summed E-state index contributed by atoms with van der Waals surface area (Å²) in [5.41, 5.74) is 1.48. The van der Waals surface area contributed by atoms with Crippen LogP contribution in [0.1, 0.15) is 31.1 Å². The summed E-state index contributed by atoms with van der Waals surface area (Å²) in [5, 5.41) is 2.88. The molecule has 0 aliphatic heterocycles. The van der Waals surface area contributed by atoms with Crippen LogP contribution >= 0.6 is 23.2 Å². The highest BCUT2D eigenvalue weighted by Gasteiger charge is 2.23. The van der Waals surface area contributed by atoms with Crippen LogP contribution < -0.4 is 5.32 Å². The first-order valence-electron chi connectivity index (χ1n) is 5.99. The zero-order valence-electron chi connectivity index (χ0n) is 10.9. The summed E-state index contributed by atoms with van der Waals surface area (Å²) in [7, 11) is 1.61. The van der Waals surface area contributed by atoms with Crippen LogP contribution in [0.4, 0.5) is 0 Å². The maximum atomic E-state index is 11.9. The smallest absolute Gasteiger partial charge is 0.242 e. The standard InChI is InChI=1S/C13H15Cl2N3O/c1-7(14)12-17-11-9(15)5-4-6-10(11)18(12)8(2)13(19)16-3/h4-8H,1-3H3,(H,16,19). The van der Waals surface area contributed by atoms with Gasteiger partial charge in [0.2, 0.25) is 5.91 Å². The van der Waals surface area contributed by atoms with Crippen molar-refractivity contribution in [2.24, 2.45) is 0 Å². The summed E-state index contributed by atoms with van der Waals surface area (Å²) in [6.07, 6.45) is 0. The fourth-order valence-corrected chi connectivity index (χ4v) is 2.48. The molecule has 1 aromatic heterocycles. The van der Waals surface area contributed by atoms with Gasteiger partial charge in [-0.3, -0.25) is 4.79 Å². The maximum absolute atomic E-state index is 11.9. The molecule has 1 aromatic carbocycles. The van der Waals surface area contributed by atoms with Crippen molar-refractivity contribution >= 4 is 40.1 Å². The van der Waals surface area contributed by atoms with Crippen molar-refractivity contribution in [1.29, 1.82) is 0 Å². The number of nitrogens with one attached hydrogen (secondary N) is 1. The van der Waals surface area contributed by atoms with Gasteiger partial charge in [0.1, 0.15) is 17.4 Å². The zero-order chi connectivity index (χ0) is 14.2. The topological polar surface area (TPSA) is 46.9 Å². The predicted molar refractivity (Wildman–Crippen MR) is 77.8 cm³/mol. The minimum Gasteiger partial charge on any atom is -0.357 e. The molecule has 1 amide bonds. The third-order valence-corrected chi connectivity index (χ3v) is 3.57. The van der Waals surface area contributed by atoms with Crippen molar-refractivity contribution in [3.05, 3.63) is 29.0 Å². The van der Waals surface area contributed by atoms with Gasteiger partial charge in [0.25, 0.3) is 0 Å². The molecule has 0 saturated carbocycles. The molecule has 102 valence electrons. The van der Waals surface area contributed by atoms with E-state index in [0.717, 1.165) is 5.52 Å². The van der Waals surface area contributed by atoms with Crippen molar-refractivity contribution in [2.45, 2.75) is 25.3 Å². The Hall–Kier alpha value is -1.26. The van der Waals surface area contributed by atoms with E-state index in [9.17, 15) is 4.79 Å². The molecule has 19 heavy (non-hydrogen) atoms. The number of amides is 1. The second kappa shape index (κ2) is 5.39. The molecule has 2 aromatic rings. The van der Waals surface area contributed by atoms with Gasteiger partial charge < -0.3 is 9.88 Å². The Kier molecular flexibility index (Phi) is 4.02. The summed E-state index contributed by atoms with van der Waals surface area (Å²) in [6, 6.07) is 5.09. The van der Waals surface area contributed by atoms with Crippen LogP contribution in [0.2, 0.25) is 5.02 Å². The van der Waals surface area contributed by atoms with E-state index < -0.39 is 6.04 Å². The highest BCUT2D eigenvalue weighted by atomic mass is 35.5. The van der Waals surface area contributed by atoms with E-state index in [2.05, 4.69) is 10.3 Å². The number of rotatable bonds is 3. The third kappa shape index (κ3) is 2.42. The number of aromatic nitrogens is 2. The maximum Gasteiger partial charge on any atom is 0.242 e. The van der Waals surface area contributed by atoms with Crippen LogP contribution in [-0.4, -0.2) is 22.5 Å². The molecule has 4 nitrogen and oxygen atoms in total. The van der Waals surface area contributed by atoms with Gasteiger partial charge in [0.15, 0.2) is 0 Å². The van der Waals surface area contributed by atoms with E-state index in [0.29, 0.717) is 16.4 Å². The summed E-state index contributed by atoms with van der Waals surface area (Å²) in [4.78, 5) is 16.3. The number of benzene rings is 1. The van der Waals surface area contributed by atoms with Crippen LogP contribution in [-0.2, 0) is 4.79 Å². The summed E-state index contributed by atoms with van der Waals surface area (Å²) in [5.74, 6) is 0.540. The lowest BCUT2D eigenvalue weighted by Crippen LogP contribution is -2.28. The molecule has 6 heteroatoms. The molecular formula is C13H15Cl2N3O. The molecule has 2 atom stereocenters. The van der Waals surface area contributed by atoms with Gasteiger partial charge in [-0.25, -0.2) is 4.98 Å². The Labute approximate surface area is 121 Å². The SMILES string of the molecule is CNC(=O)C(C)n1c(C(C)Cl)nc2c(Cl)cccc21. The molecule has 2 rings (SSSR count). The van der Waals surface area contributed by atoms with E-state index in [1.54, 1.807) is 13.1 Å². The fraction of sp³-hybridized carbons (Fsp3) is 0.385. The molecule has 1 N–H and O–H groups in total. The normalized spacial score (nSPS) is 14.4. The lowest BCUT2D eigenvalue weighted by molar-refractivity contribution is -0.123. The average molecular weight is 300 g/mol. The number of fused-ring (bicyclic) bond motifs is 1. The number of imidazole rings is 1. The van der Waals surface area contributed by atoms with Crippen molar-refractivity contribution in [3.63, 3.8) is 0 Å². The molecule has 2 unspecified atom stereocenters. The largest absolute Gasteiger partial charge is 0.357 e. The zero-order valence-corrected chi connectivity index (χ0v) is 12.5. The van der Waals surface area contributed by atoms with Gasteiger partial charge in [0, 0.05) is 7.05 Å². The molecule has 0 aliphatic carbocycles. The number of carbonyl (C=O) groups is 1. The summed E-state index contributed by atoms with van der Waals surface area (Å²) >= 11 is 12.3. The number of likely N-dealkylation sites (N-methyl/N-ethyl adjacent to an activating group) is 1. The fourth-order valence-electron chi connectivity index (χ4n) is 2.11. The number of alkyl halides is 1. The van der Waals surface area contributed by atoms with Gasteiger partial charge in [-0.15, -0.1) is 11.6 Å². The Balaban J connectivity index is 2.72. The number of nitrogens with zero attached hydrogens (tertiary/aromatic N) is 2. The molecule has 0 bridgehead atoms. The lowest BCUT2D eigenvalue weighted by atomic mass is 10.2. The van der Waals surface area contributed by atoms with Crippen LogP contribution in [0.25, 0.3) is 11.0 Å². The number of hydrogen-bond acceptors (Lipinski definition) is 2. The van der Waals surface area contributed by atoms with E-state index in [1.807, 2.05) is 30.5 Å². The first-order chi connectivity index (χ1) is 8.97. The summed E-state index contributed by atoms with van der Waals surface area (Å²) in [6.45, 7) is 3.63. The molecule has 0 fully saturated rings. The van der Waals surface area contributed by atoms with E-state index >= 15 is 0 Å². The highest BCUT2D eigenvalue weighted by Crippen LogP contribution is 2.31. The minimum atomic E-state index is -0.398. The van der Waals surface area contributed by atoms with E-state index in [1.165, 1.54) is 0 Å². The minimum absolute atomic E-state index is 0.0992. The van der Waals surface area contributed by atoms with Crippen LogP contribution in [0.5, 0.6) is 0 Å². The molecule has 0 spiro atoms.